The van der Waals surface area contributed by atoms with Crippen LogP contribution >= 0.6 is 0 Å². The smallest absolute Gasteiger partial charge is 0.134 e. The topological polar surface area (TPSA) is 44.3 Å². The molecule has 5 nitrogen and oxygen atoms in total. The molecule has 22 heavy (non-hydrogen) atoms. The SMILES string of the molecule is CN(C)CCNc1cc(N2CCc3ccccc3C2)ncn1. The summed E-state index contributed by atoms with van der Waals surface area (Å²) in [6, 6.07) is 10.7. The van der Waals surface area contributed by atoms with Crippen molar-refractivity contribution in [1.82, 2.24) is 14.9 Å². The lowest BCUT2D eigenvalue weighted by Gasteiger charge is -2.29. The molecule has 1 N–H and O–H groups in total. The van der Waals surface area contributed by atoms with Crippen molar-refractivity contribution in [2.24, 2.45) is 0 Å². The molecule has 2 aromatic rings. The van der Waals surface area contributed by atoms with E-state index in [1.54, 1.807) is 6.33 Å². The van der Waals surface area contributed by atoms with Gasteiger partial charge in [-0.1, -0.05) is 24.3 Å². The summed E-state index contributed by atoms with van der Waals surface area (Å²) < 4.78 is 0. The van der Waals surface area contributed by atoms with Crippen molar-refractivity contribution >= 4 is 11.6 Å². The fourth-order valence-electron chi connectivity index (χ4n) is 2.72. The van der Waals surface area contributed by atoms with Crippen molar-refractivity contribution in [3.05, 3.63) is 47.8 Å². The third kappa shape index (κ3) is 3.54. The first-order valence-electron chi connectivity index (χ1n) is 7.75. The molecule has 5 heteroatoms. The molecule has 1 aromatic carbocycles. The summed E-state index contributed by atoms with van der Waals surface area (Å²) in [5.74, 6) is 1.89. The molecule has 0 bridgehead atoms. The molecule has 1 aromatic heterocycles. The number of nitrogens with zero attached hydrogens (tertiary/aromatic N) is 4. The van der Waals surface area contributed by atoms with Gasteiger partial charge in [0, 0.05) is 32.2 Å². The van der Waals surface area contributed by atoms with Gasteiger partial charge in [-0.25, -0.2) is 9.97 Å². The molecule has 0 fully saturated rings. The molecule has 0 unspecified atom stereocenters. The quantitative estimate of drug-likeness (QED) is 0.914. The Balaban J connectivity index is 1.68. The third-order valence-electron chi connectivity index (χ3n) is 3.97. The van der Waals surface area contributed by atoms with Gasteiger partial charge in [-0.15, -0.1) is 0 Å². The van der Waals surface area contributed by atoms with E-state index in [9.17, 15) is 0 Å². The molecule has 0 aliphatic carbocycles. The summed E-state index contributed by atoms with van der Waals surface area (Å²) >= 11 is 0. The van der Waals surface area contributed by atoms with Crippen LogP contribution in [0.15, 0.2) is 36.7 Å². The molecule has 0 saturated carbocycles. The van der Waals surface area contributed by atoms with Gasteiger partial charge in [-0.05, 0) is 31.6 Å². The van der Waals surface area contributed by atoms with Gasteiger partial charge in [0.25, 0.3) is 0 Å². The number of benzene rings is 1. The van der Waals surface area contributed by atoms with Crippen LogP contribution in [-0.4, -0.2) is 48.6 Å². The second kappa shape index (κ2) is 6.75. The molecule has 0 amide bonds. The fourth-order valence-corrected chi connectivity index (χ4v) is 2.72. The van der Waals surface area contributed by atoms with E-state index in [2.05, 4.69) is 63.4 Å². The van der Waals surface area contributed by atoms with Gasteiger partial charge in [0.05, 0.1) is 0 Å². The molecule has 3 rings (SSSR count). The second-order valence-electron chi connectivity index (χ2n) is 5.93. The minimum Gasteiger partial charge on any atom is -0.369 e. The fraction of sp³-hybridized carbons (Fsp3) is 0.412. The van der Waals surface area contributed by atoms with E-state index in [4.69, 9.17) is 0 Å². The number of hydrogen-bond acceptors (Lipinski definition) is 5. The normalized spacial score (nSPS) is 14.0. The van der Waals surface area contributed by atoms with Crippen molar-refractivity contribution in [3.63, 3.8) is 0 Å². The van der Waals surface area contributed by atoms with Gasteiger partial charge >= 0.3 is 0 Å². The predicted molar refractivity (Wildman–Crippen MR) is 90.3 cm³/mol. The lowest BCUT2D eigenvalue weighted by molar-refractivity contribution is 0.425. The molecule has 0 radical (unpaired) electrons. The molecular weight excluding hydrogens is 274 g/mol. The Morgan fingerprint density at radius 1 is 1.18 bits per heavy atom. The van der Waals surface area contributed by atoms with Crippen molar-refractivity contribution in [1.29, 1.82) is 0 Å². The Morgan fingerprint density at radius 3 is 2.82 bits per heavy atom. The second-order valence-corrected chi connectivity index (χ2v) is 5.93. The first-order chi connectivity index (χ1) is 10.7. The maximum Gasteiger partial charge on any atom is 0.134 e. The maximum atomic E-state index is 4.44. The molecule has 2 heterocycles. The highest BCUT2D eigenvalue weighted by Gasteiger charge is 2.17. The number of likely N-dealkylation sites (N-methyl/N-ethyl adjacent to an activating group) is 1. The number of nitrogens with one attached hydrogen (secondary N) is 1. The lowest BCUT2D eigenvalue weighted by Crippen LogP contribution is -2.31. The Hall–Kier alpha value is -2.14. The summed E-state index contributed by atoms with van der Waals surface area (Å²) in [7, 11) is 4.14. The molecule has 0 saturated heterocycles. The van der Waals surface area contributed by atoms with Crippen LogP contribution in [0.1, 0.15) is 11.1 Å². The van der Waals surface area contributed by atoms with E-state index in [0.29, 0.717) is 0 Å². The standard InChI is InChI=1S/C17H23N5/c1-21(2)10-8-18-16-11-17(20-13-19-16)22-9-7-14-5-3-4-6-15(14)12-22/h3-6,11,13H,7-10,12H2,1-2H3,(H,18,19,20). The van der Waals surface area contributed by atoms with Gasteiger partial charge < -0.3 is 15.1 Å². The van der Waals surface area contributed by atoms with Crippen molar-refractivity contribution < 1.29 is 0 Å². The Kier molecular flexibility index (Phi) is 4.53. The van der Waals surface area contributed by atoms with E-state index >= 15 is 0 Å². The Labute approximate surface area is 132 Å². The van der Waals surface area contributed by atoms with Crippen molar-refractivity contribution in [2.45, 2.75) is 13.0 Å². The van der Waals surface area contributed by atoms with Crippen molar-refractivity contribution in [2.75, 3.05) is 43.9 Å². The van der Waals surface area contributed by atoms with Crippen LogP contribution in [-0.2, 0) is 13.0 Å². The first kappa shape index (κ1) is 14.8. The molecular formula is C17H23N5. The monoisotopic (exact) mass is 297 g/mol. The Bertz CT molecular complexity index is 626. The van der Waals surface area contributed by atoms with E-state index in [0.717, 1.165) is 44.2 Å². The average molecular weight is 297 g/mol. The highest BCUT2D eigenvalue weighted by Crippen LogP contribution is 2.23. The number of fused-ring (bicyclic) bond motifs is 1. The number of aromatic nitrogens is 2. The number of rotatable bonds is 5. The van der Waals surface area contributed by atoms with E-state index in [1.165, 1.54) is 11.1 Å². The summed E-state index contributed by atoms with van der Waals surface area (Å²) in [5.41, 5.74) is 2.85. The van der Waals surface area contributed by atoms with Gasteiger partial charge in [-0.2, -0.15) is 0 Å². The van der Waals surface area contributed by atoms with Gasteiger partial charge in [0.15, 0.2) is 0 Å². The summed E-state index contributed by atoms with van der Waals surface area (Å²) in [4.78, 5) is 13.2. The zero-order valence-corrected chi connectivity index (χ0v) is 13.3. The largest absolute Gasteiger partial charge is 0.369 e. The summed E-state index contributed by atoms with van der Waals surface area (Å²) in [6.07, 6.45) is 2.72. The van der Waals surface area contributed by atoms with Crippen LogP contribution in [0.25, 0.3) is 0 Å². The zero-order valence-electron chi connectivity index (χ0n) is 13.3. The van der Waals surface area contributed by atoms with Gasteiger partial charge in [-0.3, -0.25) is 0 Å². The molecule has 1 aliphatic rings. The molecule has 116 valence electrons. The molecule has 0 atom stereocenters. The van der Waals surface area contributed by atoms with Crippen LogP contribution in [0.4, 0.5) is 11.6 Å². The highest BCUT2D eigenvalue weighted by molar-refractivity contribution is 5.50. The van der Waals surface area contributed by atoms with Gasteiger partial charge in [0.2, 0.25) is 0 Å². The van der Waals surface area contributed by atoms with Crippen LogP contribution in [0.3, 0.4) is 0 Å². The van der Waals surface area contributed by atoms with Crippen molar-refractivity contribution in [3.8, 4) is 0 Å². The summed E-state index contributed by atoms with van der Waals surface area (Å²) in [5, 5.41) is 3.36. The minimum absolute atomic E-state index is 0.881. The van der Waals surface area contributed by atoms with E-state index in [-0.39, 0.29) is 0 Å². The average Bonchev–Trinajstić information content (AvgIpc) is 2.54. The van der Waals surface area contributed by atoms with E-state index < -0.39 is 0 Å². The Morgan fingerprint density at radius 2 is 2.00 bits per heavy atom. The zero-order chi connectivity index (χ0) is 15.4. The van der Waals surface area contributed by atoms with E-state index in [1.807, 2.05) is 6.07 Å². The number of hydrogen-bond donors (Lipinski definition) is 1. The maximum absolute atomic E-state index is 4.44. The number of anilines is 2. The lowest BCUT2D eigenvalue weighted by atomic mass is 10.00. The minimum atomic E-state index is 0.881. The predicted octanol–water partition coefficient (Wildman–Crippen LogP) is 2.01. The van der Waals surface area contributed by atoms with Crippen LogP contribution in [0, 0.1) is 0 Å². The third-order valence-corrected chi connectivity index (χ3v) is 3.97. The highest BCUT2D eigenvalue weighted by atomic mass is 15.2. The summed E-state index contributed by atoms with van der Waals surface area (Å²) in [6.45, 7) is 3.79. The van der Waals surface area contributed by atoms with Crippen LogP contribution in [0.2, 0.25) is 0 Å². The van der Waals surface area contributed by atoms with Gasteiger partial charge in [0.1, 0.15) is 18.0 Å². The van der Waals surface area contributed by atoms with Crippen LogP contribution < -0.4 is 10.2 Å². The molecule has 0 spiro atoms. The molecule has 1 aliphatic heterocycles. The van der Waals surface area contributed by atoms with Crippen LogP contribution in [0.5, 0.6) is 0 Å². The first-order valence-corrected chi connectivity index (χ1v) is 7.75.